The van der Waals surface area contributed by atoms with Gasteiger partial charge in [-0.1, -0.05) is 0 Å². The zero-order chi connectivity index (χ0) is 8.20. The molecule has 0 rings (SSSR count). The second-order valence-corrected chi connectivity index (χ2v) is 3.10. The van der Waals surface area contributed by atoms with E-state index in [9.17, 15) is 0 Å². The van der Waals surface area contributed by atoms with Crippen molar-refractivity contribution < 1.29 is 9.94 Å². The Morgan fingerprint density at radius 3 is 2.30 bits per heavy atom. The van der Waals surface area contributed by atoms with Crippen LogP contribution < -0.4 is 0 Å². The molecule has 10 heavy (non-hydrogen) atoms. The molecule has 0 aliphatic carbocycles. The number of methoxy groups -OCH3 is 1. The molecule has 0 aliphatic rings. The summed E-state index contributed by atoms with van der Waals surface area (Å²) >= 11 is 0. The Bertz CT molecular complexity index is 91.6. The average molecular weight is 147 g/mol. The molecule has 3 nitrogen and oxygen atoms in total. The van der Waals surface area contributed by atoms with Crippen molar-refractivity contribution in [1.29, 1.82) is 0 Å². The van der Waals surface area contributed by atoms with E-state index < -0.39 is 0 Å². The minimum absolute atomic E-state index is 0.128. The van der Waals surface area contributed by atoms with E-state index >= 15 is 0 Å². The van der Waals surface area contributed by atoms with Crippen LogP contribution in [0, 0.1) is 0 Å². The maximum absolute atomic E-state index is 8.79. The summed E-state index contributed by atoms with van der Waals surface area (Å²) in [4.78, 5) is 0. The molecule has 0 aromatic heterocycles. The second-order valence-electron chi connectivity index (χ2n) is 3.10. The third-order valence-electron chi connectivity index (χ3n) is 1.59. The standard InChI is InChI=1S/C7H17NO2/c1-7(2,10-4)5-6-8(3)9/h9H,5-6H2,1-4H3. The van der Waals surface area contributed by atoms with Crippen molar-refractivity contribution in [3.8, 4) is 0 Å². The van der Waals surface area contributed by atoms with Gasteiger partial charge in [0.15, 0.2) is 0 Å². The van der Waals surface area contributed by atoms with Gasteiger partial charge in [-0.25, -0.2) is 0 Å². The topological polar surface area (TPSA) is 32.7 Å². The van der Waals surface area contributed by atoms with E-state index in [-0.39, 0.29) is 5.60 Å². The van der Waals surface area contributed by atoms with Gasteiger partial charge in [0.25, 0.3) is 0 Å². The highest BCUT2D eigenvalue weighted by molar-refractivity contribution is 4.67. The normalized spacial score (nSPS) is 12.6. The number of ether oxygens (including phenoxy) is 1. The molecule has 0 saturated carbocycles. The maximum Gasteiger partial charge on any atom is 0.0635 e. The maximum atomic E-state index is 8.79. The van der Waals surface area contributed by atoms with Crippen LogP contribution >= 0.6 is 0 Å². The third-order valence-corrected chi connectivity index (χ3v) is 1.59. The number of hydrogen-bond donors (Lipinski definition) is 1. The van der Waals surface area contributed by atoms with Gasteiger partial charge in [-0.05, 0) is 20.3 Å². The smallest absolute Gasteiger partial charge is 0.0635 e. The van der Waals surface area contributed by atoms with E-state index in [4.69, 9.17) is 9.94 Å². The van der Waals surface area contributed by atoms with Crippen LogP contribution in [0.15, 0.2) is 0 Å². The molecule has 0 spiro atoms. The fraction of sp³-hybridized carbons (Fsp3) is 1.00. The van der Waals surface area contributed by atoms with Gasteiger partial charge in [0.1, 0.15) is 0 Å². The molecular formula is C7H17NO2. The highest BCUT2D eigenvalue weighted by Crippen LogP contribution is 2.12. The molecule has 62 valence electrons. The summed E-state index contributed by atoms with van der Waals surface area (Å²) in [7, 11) is 3.31. The molecule has 0 heterocycles. The van der Waals surface area contributed by atoms with Gasteiger partial charge in [0.05, 0.1) is 5.60 Å². The molecule has 0 aromatic rings. The van der Waals surface area contributed by atoms with E-state index in [0.717, 1.165) is 6.42 Å². The lowest BCUT2D eigenvalue weighted by Gasteiger charge is -2.23. The van der Waals surface area contributed by atoms with Crippen molar-refractivity contribution in [3.05, 3.63) is 0 Å². The van der Waals surface area contributed by atoms with Crippen LogP contribution in [-0.2, 0) is 4.74 Å². The molecule has 0 aliphatic heterocycles. The minimum Gasteiger partial charge on any atom is -0.379 e. The highest BCUT2D eigenvalue weighted by Gasteiger charge is 2.15. The van der Waals surface area contributed by atoms with Crippen molar-refractivity contribution in [3.63, 3.8) is 0 Å². The fourth-order valence-electron chi connectivity index (χ4n) is 0.533. The number of nitrogens with zero attached hydrogens (tertiary/aromatic N) is 1. The van der Waals surface area contributed by atoms with Crippen molar-refractivity contribution in [2.75, 3.05) is 20.7 Å². The van der Waals surface area contributed by atoms with E-state index in [1.807, 2.05) is 13.8 Å². The van der Waals surface area contributed by atoms with Crippen LogP contribution in [-0.4, -0.2) is 36.6 Å². The Labute approximate surface area is 62.6 Å². The van der Waals surface area contributed by atoms with E-state index in [0.29, 0.717) is 6.54 Å². The molecule has 0 bridgehead atoms. The predicted octanol–water partition coefficient (Wildman–Crippen LogP) is 1.12. The van der Waals surface area contributed by atoms with Crippen molar-refractivity contribution >= 4 is 0 Å². The lowest BCUT2D eigenvalue weighted by molar-refractivity contribution is -0.0853. The van der Waals surface area contributed by atoms with Crippen LogP contribution in [0.4, 0.5) is 0 Å². The fourth-order valence-corrected chi connectivity index (χ4v) is 0.533. The molecule has 0 radical (unpaired) electrons. The van der Waals surface area contributed by atoms with Gasteiger partial charge in [-0.15, -0.1) is 0 Å². The lowest BCUT2D eigenvalue weighted by atomic mass is 10.1. The number of rotatable bonds is 4. The monoisotopic (exact) mass is 147 g/mol. The Hall–Kier alpha value is -0.120. The van der Waals surface area contributed by atoms with Crippen LogP contribution in [0.1, 0.15) is 20.3 Å². The average Bonchev–Trinajstić information content (AvgIpc) is 1.85. The van der Waals surface area contributed by atoms with Crippen LogP contribution in [0.3, 0.4) is 0 Å². The zero-order valence-corrected chi connectivity index (χ0v) is 7.22. The summed E-state index contributed by atoms with van der Waals surface area (Å²) < 4.78 is 5.15. The molecule has 0 atom stereocenters. The van der Waals surface area contributed by atoms with Crippen LogP contribution in [0.5, 0.6) is 0 Å². The molecule has 0 saturated heterocycles. The van der Waals surface area contributed by atoms with Crippen LogP contribution in [0.2, 0.25) is 0 Å². The number of hydroxylamine groups is 2. The largest absolute Gasteiger partial charge is 0.379 e. The van der Waals surface area contributed by atoms with Crippen molar-refractivity contribution in [2.45, 2.75) is 25.9 Å². The van der Waals surface area contributed by atoms with Crippen molar-refractivity contribution in [2.24, 2.45) is 0 Å². The minimum atomic E-state index is -0.128. The second kappa shape index (κ2) is 3.91. The molecule has 0 fully saturated rings. The summed E-state index contributed by atoms with van der Waals surface area (Å²) in [6, 6.07) is 0. The van der Waals surface area contributed by atoms with E-state index in [2.05, 4.69) is 0 Å². The molecule has 0 unspecified atom stereocenters. The molecule has 3 heteroatoms. The SMILES string of the molecule is COC(C)(C)CCN(C)O. The molecular weight excluding hydrogens is 130 g/mol. The highest BCUT2D eigenvalue weighted by atomic mass is 16.5. The molecule has 0 amide bonds. The predicted molar refractivity (Wildman–Crippen MR) is 40.1 cm³/mol. The first kappa shape index (κ1) is 9.88. The Balaban J connectivity index is 3.46. The first-order valence-corrected chi connectivity index (χ1v) is 3.43. The van der Waals surface area contributed by atoms with Gasteiger partial charge < -0.3 is 9.94 Å². The van der Waals surface area contributed by atoms with Crippen LogP contribution in [0.25, 0.3) is 0 Å². The first-order valence-electron chi connectivity index (χ1n) is 3.43. The summed E-state index contributed by atoms with van der Waals surface area (Å²) in [5, 5.41) is 9.96. The Morgan fingerprint density at radius 1 is 1.50 bits per heavy atom. The Morgan fingerprint density at radius 2 is 2.00 bits per heavy atom. The van der Waals surface area contributed by atoms with Gasteiger partial charge in [0, 0.05) is 20.7 Å². The van der Waals surface area contributed by atoms with Gasteiger partial charge >= 0.3 is 0 Å². The van der Waals surface area contributed by atoms with E-state index in [1.54, 1.807) is 14.2 Å². The summed E-state index contributed by atoms with van der Waals surface area (Å²) in [6.07, 6.45) is 0.830. The summed E-state index contributed by atoms with van der Waals surface area (Å²) in [6.45, 7) is 4.63. The molecule has 0 aromatic carbocycles. The molecule has 1 N–H and O–H groups in total. The van der Waals surface area contributed by atoms with Gasteiger partial charge in [0.2, 0.25) is 0 Å². The van der Waals surface area contributed by atoms with E-state index in [1.165, 1.54) is 5.06 Å². The number of hydrogen-bond acceptors (Lipinski definition) is 3. The van der Waals surface area contributed by atoms with Gasteiger partial charge in [-0.3, -0.25) is 0 Å². The quantitative estimate of drug-likeness (QED) is 0.605. The third kappa shape index (κ3) is 4.73. The lowest BCUT2D eigenvalue weighted by Crippen LogP contribution is -2.28. The van der Waals surface area contributed by atoms with Gasteiger partial charge in [-0.2, -0.15) is 5.06 Å². The zero-order valence-electron chi connectivity index (χ0n) is 7.22. The summed E-state index contributed by atoms with van der Waals surface area (Å²) in [5.74, 6) is 0. The Kier molecular flexibility index (Phi) is 3.86. The van der Waals surface area contributed by atoms with Crippen molar-refractivity contribution in [1.82, 2.24) is 5.06 Å². The summed E-state index contributed by atoms with van der Waals surface area (Å²) in [5.41, 5.74) is -0.128. The first-order chi connectivity index (χ1) is 4.48.